The Bertz CT molecular complexity index is 757. The van der Waals surface area contributed by atoms with Gasteiger partial charge in [-0.25, -0.2) is 4.79 Å². The molecule has 1 amide bonds. The number of ether oxygens (including phenoxy) is 1. The summed E-state index contributed by atoms with van der Waals surface area (Å²) >= 11 is 11.8. The summed E-state index contributed by atoms with van der Waals surface area (Å²) in [7, 11) is 0. The van der Waals surface area contributed by atoms with Crippen LogP contribution in [0.4, 0.5) is 5.69 Å². The molecule has 0 saturated carbocycles. The summed E-state index contributed by atoms with van der Waals surface area (Å²) in [5, 5.41) is 11.9. The maximum Gasteiger partial charge on any atom is 0.328 e. The smallest absolute Gasteiger partial charge is 0.328 e. The molecule has 2 aromatic rings. The van der Waals surface area contributed by atoms with Gasteiger partial charge in [-0.05, 0) is 42.5 Å². The van der Waals surface area contributed by atoms with Crippen molar-refractivity contribution in [3.63, 3.8) is 0 Å². The number of halogens is 2. The molecule has 0 aliphatic heterocycles. The third-order valence-corrected chi connectivity index (χ3v) is 3.15. The molecule has 7 heteroatoms. The van der Waals surface area contributed by atoms with E-state index in [1.165, 1.54) is 0 Å². The Balaban J connectivity index is 2.02. The van der Waals surface area contributed by atoms with Crippen LogP contribution in [0.25, 0.3) is 0 Å². The zero-order valence-electron chi connectivity index (χ0n) is 11.6. The minimum Gasteiger partial charge on any atom is -0.478 e. The van der Waals surface area contributed by atoms with Gasteiger partial charge in [0.1, 0.15) is 11.5 Å². The van der Waals surface area contributed by atoms with E-state index in [-0.39, 0.29) is 0 Å². The highest BCUT2D eigenvalue weighted by Crippen LogP contribution is 2.31. The lowest BCUT2D eigenvalue weighted by Gasteiger charge is -2.09. The summed E-state index contributed by atoms with van der Waals surface area (Å²) in [5.41, 5.74) is 0.500. The Kier molecular flexibility index (Phi) is 5.62. The highest BCUT2D eigenvalue weighted by atomic mass is 35.5. The maximum absolute atomic E-state index is 11.4. The number of hydrogen-bond acceptors (Lipinski definition) is 3. The zero-order valence-corrected chi connectivity index (χ0v) is 13.1. The van der Waals surface area contributed by atoms with E-state index in [1.54, 1.807) is 42.5 Å². The van der Waals surface area contributed by atoms with Crippen LogP contribution in [0.5, 0.6) is 11.5 Å². The van der Waals surface area contributed by atoms with Crippen LogP contribution in [0.2, 0.25) is 10.0 Å². The second-order valence-electron chi connectivity index (χ2n) is 4.36. The topological polar surface area (TPSA) is 75.6 Å². The van der Waals surface area contributed by atoms with Crippen molar-refractivity contribution in [2.24, 2.45) is 0 Å². The van der Waals surface area contributed by atoms with Gasteiger partial charge in [0, 0.05) is 22.9 Å². The number of carbonyl (C=O) groups is 2. The molecular weight excluding hydrogens is 341 g/mol. The zero-order chi connectivity index (χ0) is 16.8. The summed E-state index contributed by atoms with van der Waals surface area (Å²) < 4.78 is 5.61. The standard InChI is InChI=1S/C16H11Cl2NO4/c17-10-1-6-14(13(18)9-10)23-12-4-2-11(3-5-12)19-15(20)7-8-16(21)22/h1-9H,(H,19,20)(H,21,22). The summed E-state index contributed by atoms with van der Waals surface area (Å²) in [4.78, 5) is 21.8. The van der Waals surface area contributed by atoms with Gasteiger partial charge < -0.3 is 15.2 Å². The summed E-state index contributed by atoms with van der Waals surface area (Å²) in [5.74, 6) is -0.754. The van der Waals surface area contributed by atoms with Gasteiger partial charge in [0.25, 0.3) is 0 Å². The average molecular weight is 352 g/mol. The van der Waals surface area contributed by atoms with E-state index in [2.05, 4.69) is 5.32 Å². The highest BCUT2D eigenvalue weighted by molar-refractivity contribution is 6.35. The molecular formula is C16H11Cl2NO4. The molecule has 0 fully saturated rings. The molecule has 23 heavy (non-hydrogen) atoms. The molecule has 0 atom stereocenters. The third-order valence-electron chi connectivity index (χ3n) is 2.62. The maximum atomic E-state index is 11.4. The van der Waals surface area contributed by atoms with Crippen molar-refractivity contribution < 1.29 is 19.4 Å². The van der Waals surface area contributed by atoms with Crippen LogP contribution in [0.15, 0.2) is 54.6 Å². The van der Waals surface area contributed by atoms with Crippen molar-refractivity contribution in [1.82, 2.24) is 0 Å². The first kappa shape index (κ1) is 16.9. The van der Waals surface area contributed by atoms with Gasteiger partial charge in [-0.2, -0.15) is 0 Å². The number of aliphatic carboxylic acids is 1. The Hall–Kier alpha value is -2.50. The first-order chi connectivity index (χ1) is 10.9. The molecule has 2 N–H and O–H groups in total. The average Bonchev–Trinajstić information content (AvgIpc) is 2.50. The fourth-order valence-corrected chi connectivity index (χ4v) is 2.07. The number of hydrogen-bond donors (Lipinski definition) is 2. The fourth-order valence-electron chi connectivity index (χ4n) is 1.62. The molecule has 0 aliphatic carbocycles. The number of carboxylic acid groups (broad SMARTS) is 1. The minimum atomic E-state index is -1.19. The molecule has 5 nitrogen and oxygen atoms in total. The molecule has 2 aromatic carbocycles. The van der Waals surface area contributed by atoms with Crippen molar-refractivity contribution in [2.45, 2.75) is 0 Å². The summed E-state index contributed by atoms with van der Waals surface area (Å²) in [6.45, 7) is 0. The Labute approximate surface area is 142 Å². The van der Waals surface area contributed by atoms with Crippen molar-refractivity contribution in [1.29, 1.82) is 0 Å². The van der Waals surface area contributed by atoms with Gasteiger partial charge >= 0.3 is 5.97 Å². The Morgan fingerprint density at radius 1 is 1.04 bits per heavy atom. The van der Waals surface area contributed by atoms with Gasteiger partial charge in [-0.1, -0.05) is 23.2 Å². The predicted molar refractivity (Wildman–Crippen MR) is 88.4 cm³/mol. The van der Waals surface area contributed by atoms with Gasteiger partial charge in [-0.15, -0.1) is 0 Å². The van der Waals surface area contributed by atoms with Crippen LogP contribution in [0.3, 0.4) is 0 Å². The number of rotatable bonds is 5. The molecule has 0 bridgehead atoms. The SMILES string of the molecule is O=C(O)C=CC(=O)Nc1ccc(Oc2ccc(Cl)cc2Cl)cc1. The number of carbonyl (C=O) groups excluding carboxylic acids is 1. The van der Waals surface area contributed by atoms with Crippen LogP contribution in [-0.4, -0.2) is 17.0 Å². The van der Waals surface area contributed by atoms with Crippen LogP contribution >= 0.6 is 23.2 Å². The van der Waals surface area contributed by atoms with E-state index in [0.717, 1.165) is 12.2 Å². The number of anilines is 1. The lowest BCUT2D eigenvalue weighted by molar-refractivity contribution is -0.131. The molecule has 0 aromatic heterocycles. The van der Waals surface area contributed by atoms with Crippen LogP contribution < -0.4 is 10.1 Å². The molecule has 0 radical (unpaired) electrons. The van der Waals surface area contributed by atoms with E-state index in [4.69, 9.17) is 33.0 Å². The first-order valence-corrected chi connectivity index (χ1v) is 7.14. The van der Waals surface area contributed by atoms with E-state index in [0.29, 0.717) is 27.2 Å². The van der Waals surface area contributed by atoms with Gasteiger partial charge in [0.05, 0.1) is 5.02 Å². The van der Waals surface area contributed by atoms with Crippen molar-refractivity contribution in [3.05, 3.63) is 64.7 Å². The third kappa shape index (κ3) is 5.32. The lowest BCUT2D eigenvalue weighted by Crippen LogP contribution is -2.08. The van der Waals surface area contributed by atoms with E-state index in [1.807, 2.05) is 0 Å². The molecule has 118 valence electrons. The predicted octanol–water partition coefficient (Wildman–Crippen LogP) is 4.37. The second kappa shape index (κ2) is 7.67. The van der Waals surface area contributed by atoms with Gasteiger partial charge in [-0.3, -0.25) is 4.79 Å². The van der Waals surface area contributed by atoms with Crippen molar-refractivity contribution >= 4 is 40.8 Å². The van der Waals surface area contributed by atoms with E-state index in [9.17, 15) is 9.59 Å². The molecule has 0 spiro atoms. The van der Waals surface area contributed by atoms with Crippen molar-refractivity contribution in [2.75, 3.05) is 5.32 Å². The molecule has 2 rings (SSSR count). The van der Waals surface area contributed by atoms with Gasteiger partial charge in [0.2, 0.25) is 5.91 Å². The Morgan fingerprint density at radius 3 is 2.35 bits per heavy atom. The normalized spacial score (nSPS) is 10.5. The number of carboxylic acids is 1. The molecule has 0 saturated heterocycles. The van der Waals surface area contributed by atoms with Gasteiger partial charge in [0.15, 0.2) is 0 Å². The quantitative estimate of drug-likeness (QED) is 0.784. The minimum absolute atomic E-state index is 0.383. The number of benzene rings is 2. The molecule has 0 unspecified atom stereocenters. The second-order valence-corrected chi connectivity index (χ2v) is 5.21. The van der Waals surface area contributed by atoms with Crippen molar-refractivity contribution in [3.8, 4) is 11.5 Å². The molecule has 0 heterocycles. The van der Waals surface area contributed by atoms with Crippen LogP contribution in [0.1, 0.15) is 0 Å². The van der Waals surface area contributed by atoms with Crippen LogP contribution in [-0.2, 0) is 9.59 Å². The lowest BCUT2D eigenvalue weighted by atomic mass is 10.3. The Morgan fingerprint density at radius 2 is 1.74 bits per heavy atom. The fraction of sp³-hybridized carbons (Fsp3) is 0. The number of amides is 1. The largest absolute Gasteiger partial charge is 0.478 e. The monoisotopic (exact) mass is 351 g/mol. The number of nitrogens with one attached hydrogen (secondary N) is 1. The molecule has 0 aliphatic rings. The van der Waals surface area contributed by atoms with E-state index >= 15 is 0 Å². The first-order valence-electron chi connectivity index (χ1n) is 6.39. The summed E-state index contributed by atoms with van der Waals surface area (Å²) in [6, 6.07) is 11.4. The van der Waals surface area contributed by atoms with E-state index < -0.39 is 11.9 Å². The summed E-state index contributed by atoms with van der Waals surface area (Å²) in [6.07, 6.45) is 1.69. The highest BCUT2D eigenvalue weighted by Gasteiger charge is 2.05. The van der Waals surface area contributed by atoms with Crippen LogP contribution in [0, 0.1) is 0 Å².